The number of rotatable bonds is 15. The number of nitrogens with zero attached hydrogens (tertiary/aromatic N) is 1. The summed E-state index contributed by atoms with van der Waals surface area (Å²) in [6, 6.07) is 22.4. The lowest BCUT2D eigenvalue weighted by atomic mass is 10.00. The van der Waals surface area contributed by atoms with Gasteiger partial charge in [0.2, 0.25) is 12.7 Å². The van der Waals surface area contributed by atoms with E-state index in [2.05, 4.69) is 5.32 Å². The molecule has 0 saturated heterocycles. The number of nitrogens with one attached hydrogen (secondary N) is 1. The van der Waals surface area contributed by atoms with Crippen molar-refractivity contribution in [3.8, 4) is 17.2 Å². The van der Waals surface area contributed by atoms with Gasteiger partial charge in [0.25, 0.3) is 5.91 Å². The Morgan fingerprint density at radius 3 is 2.24 bits per heavy atom. The number of aliphatic hydroxyl groups excluding tert-OH is 1. The molecular formula is C36H33Cl5N2O6. The Hall–Kier alpha value is -3.37. The van der Waals surface area contributed by atoms with E-state index < -0.39 is 24.7 Å². The Bertz CT molecular complexity index is 1780. The maximum Gasteiger partial charge on any atom is 0.258 e. The van der Waals surface area contributed by atoms with Crippen LogP contribution in [0.15, 0.2) is 78.9 Å². The molecule has 0 fully saturated rings. The van der Waals surface area contributed by atoms with Crippen LogP contribution < -0.4 is 19.5 Å². The van der Waals surface area contributed by atoms with Crippen LogP contribution in [0.2, 0.25) is 25.1 Å². The molecule has 0 spiro atoms. The van der Waals surface area contributed by atoms with Gasteiger partial charge in [-0.15, -0.1) is 0 Å². The molecule has 0 radical (unpaired) electrons. The van der Waals surface area contributed by atoms with Crippen LogP contribution >= 0.6 is 58.0 Å². The van der Waals surface area contributed by atoms with Crippen LogP contribution in [-0.4, -0.2) is 60.5 Å². The van der Waals surface area contributed by atoms with Gasteiger partial charge in [0, 0.05) is 25.6 Å². The second kappa shape index (κ2) is 17.5. The van der Waals surface area contributed by atoms with Gasteiger partial charge in [0.1, 0.15) is 5.75 Å². The number of aryl methyl sites for hydroxylation is 1. The summed E-state index contributed by atoms with van der Waals surface area (Å²) in [5.74, 6) is 0.825. The fraction of sp³-hybridized carbons (Fsp3) is 0.278. The maximum atomic E-state index is 13.7. The van der Waals surface area contributed by atoms with Gasteiger partial charge in [0.05, 0.1) is 37.3 Å². The maximum absolute atomic E-state index is 13.7. The number of carbonyl (C=O) groups is 2. The minimum absolute atomic E-state index is 0.0397. The third-order valence-electron chi connectivity index (χ3n) is 7.92. The molecule has 0 aliphatic carbocycles. The zero-order valence-corrected chi connectivity index (χ0v) is 29.9. The number of amides is 2. The van der Waals surface area contributed by atoms with Crippen molar-refractivity contribution in [2.75, 3.05) is 26.5 Å². The standard InChI is InChI=1S/C36H33Cl5N2O6/c37-25-9-6-23(14-26(25)38)8-11-36(46)43(13-12-24-7-10-32-34(16-24)49-21-48-32)19-31(44)30(15-22-4-2-1-3-5-22)42-35(45)20-47-33-18-28(40)27(39)17-29(33)41/h1-7,9-10,14,16-18,30-31,44H,8,11-13,15,19-21H2,(H,42,45)/t30-,31-/m0/s1. The number of halogens is 5. The summed E-state index contributed by atoms with van der Waals surface area (Å²) in [6.45, 7) is 0.0281. The molecule has 258 valence electrons. The Morgan fingerprint density at radius 1 is 0.776 bits per heavy atom. The first-order chi connectivity index (χ1) is 23.5. The normalized spacial score (nSPS) is 13.1. The summed E-state index contributed by atoms with van der Waals surface area (Å²) in [4.78, 5) is 28.5. The molecule has 0 unspecified atom stereocenters. The summed E-state index contributed by atoms with van der Waals surface area (Å²) in [7, 11) is 0. The van der Waals surface area contributed by atoms with Crippen LogP contribution in [0.25, 0.3) is 0 Å². The largest absolute Gasteiger partial charge is 0.482 e. The third kappa shape index (κ3) is 10.6. The van der Waals surface area contributed by atoms with Gasteiger partial charge in [-0.2, -0.15) is 0 Å². The Balaban J connectivity index is 1.30. The van der Waals surface area contributed by atoms with Crippen LogP contribution in [0, 0.1) is 0 Å². The van der Waals surface area contributed by atoms with Gasteiger partial charge < -0.3 is 29.5 Å². The van der Waals surface area contributed by atoms with Crippen molar-refractivity contribution in [3.63, 3.8) is 0 Å². The molecule has 49 heavy (non-hydrogen) atoms. The molecule has 5 rings (SSSR count). The Labute approximate surface area is 309 Å². The fourth-order valence-electron chi connectivity index (χ4n) is 5.29. The highest BCUT2D eigenvalue weighted by molar-refractivity contribution is 6.43. The van der Waals surface area contributed by atoms with E-state index in [1.54, 1.807) is 17.0 Å². The average molecular weight is 767 g/mol. The van der Waals surface area contributed by atoms with Gasteiger partial charge in [-0.3, -0.25) is 9.59 Å². The molecule has 1 heterocycles. The molecule has 13 heteroatoms. The first-order valence-electron chi connectivity index (χ1n) is 15.4. The quantitative estimate of drug-likeness (QED) is 0.120. The second-order valence-corrected chi connectivity index (χ2v) is 13.5. The number of hydrogen-bond donors (Lipinski definition) is 2. The predicted octanol–water partition coefficient (Wildman–Crippen LogP) is 7.85. The summed E-state index contributed by atoms with van der Waals surface area (Å²) >= 11 is 30.6. The van der Waals surface area contributed by atoms with Crippen molar-refractivity contribution >= 4 is 69.8 Å². The number of fused-ring (bicyclic) bond motifs is 1. The van der Waals surface area contributed by atoms with Gasteiger partial charge in [-0.05, 0) is 66.3 Å². The first kappa shape index (κ1) is 36.9. The van der Waals surface area contributed by atoms with Crippen molar-refractivity contribution in [3.05, 3.63) is 121 Å². The van der Waals surface area contributed by atoms with E-state index in [1.165, 1.54) is 12.1 Å². The van der Waals surface area contributed by atoms with Gasteiger partial charge in [-0.25, -0.2) is 0 Å². The zero-order valence-electron chi connectivity index (χ0n) is 26.1. The SMILES string of the molecule is O=C(COc1cc(Cl)c(Cl)cc1Cl)N[C@@H](Cc1ccccc1)[C@@H](O)CN(CCc1ccc2c(c1)OCO2)C(=O)CCc1ccc(Cl)c(Cl)c1. The number of carbonyl (C=O) groups excluding carboxylic acids is 2. The van der Waals surface area contributed by atoms with E-state index in [4.69, 9.17) is 72.2 Å². The third-order valence-corrected chi connectivity index (χ3v) is 9.68. The van der Waals surface area contributed by atoms with E-state index in [1.807, 2.05) is 54.6 Å². The molecule has 1 aliphatic rings. The molecular weight excluding hydrogens is 734 g/mol. The minimum atomic E-state index is -1.14. The van der Waals surface area contributed by atoms with Gasteiger partial charge in [-0.1, -0.05) is 100 Å². The van der Waals surface area contributed by atoms with E-state index in [9.17, 15) is 14.7 Å². The highest BCUT2D eigenvalue weighted by Gasteiger charge is 2.27. The van der Waals surface area contributed by atoms with E-state index in [0.29, 0.717) is 47.4 Å². The summed E-state index contributed by atoms with van der Waals surface area (Å²) in [5.41, 5.74) is 2.68. The molecule has 2 N–H and O–H groups in total. The average Bonchev–Trinajstić information content (AvgIpc) is 3.56. The van der Waals surface area contributed by atoms with Crippen molar-refractivity contribution in [1.82, 2.24) is 10.2 Å². The number of benzene rings is 4. The van der Waals surface area contributed by atoms with Crippen molar-refractivity contribution in [2.24, 2.45) is 0 Å². The number of ether oxygens (including phenoxy) is 3. The molecule has 0 saturated carbocycles. The van der Waals surface area contributed by atoms with E-state index in [-0.39, 0.29) is 46.5 Å². The molecule has 2 amide bonds. The van der Waals surface area contributed by atoms with Crippen LogP contribution in [0.4, 0.5) is 0 Å². The topological polar surface area (TPSA) is 97.3 Å². The van der Waals surface area contributed by atoms with Crippen LogP contribution in [0.3, 0.4) is 0 Å². The monoisotopic (exact) mass is 764 g/mol. The van der Waals surface area contributed by atoms with Crippen LogP contribution in [0.5, 0.6) is 17.2 Å². The van der Waals surface area contributed by atoms with Gasteiger partial charge >= 0.3 is 0 Å². The lowest BCUT2D eigenvalue weighted by Crippen LogP contribution is -2.51. The van der Waals surface area contributed by atoms with Gasteiger partial charge in [0.15, 0.2) is 18.1 Å². The lowest BCUT2D eigenvalue weighted by Gasteiger charge is -2.30. The lowest BCUT2D eigenvalue weighted by molar-refractivity contribution is -0.133. The Kier molecular flexibility index (Phi) is 13.2. The van der Waals surface area contributed by atoms with Crippen LogP contribution in [0.1, 0.15) is 23.1 Å². The van der Waals surface area contributed by atoms with Crippen molar-refractivity contribution in [1.29, 1.82) is 0 Å². The fourth-order valence-corrected chi connectivity index (χ4v) is 6.21. The molecule has 1 aliphatic heterocycles. The number of aliphatic hydroxyl groups is 1. The Morgan fingerprint density at radius 2 is 1.47 bits per heavy atom. The van der Waals surface area contributed by atoms with Crippen molar-refractivity contribution < 1.29 is 28.9 Å². The second-order valence-electron chi connectivity index (χ2n) is 11.4. The summed E-state index contributed by atoms with van der Waals surface area (Å²) < 4.78 is 16.6. The molecule has 0 aromatic heterocycles. The summed E-state index contributed by atoms with van der Waals surface area (Å²) in [6.07, 6.45) is 0.249. The highest BCUT2D eigenvalue weighted by Crippen LogP contribution is 2.34. The summed E-state index contributed by atoms with van der Waals surface area (Å²) in [5, 5.41) is 16.0. The smallest absolute Gasteiger partial charge is 0.258 e. The highest BCUT2D eigenvalue weighted by atomic mass is 35.5. The zero-order chi connectivity index (χ0) is 34.9. The van der Waals surface area contributed by atoms with Crippen molar-refractivity contribution in [2.45, 2.75) is 37.8 Å². The van der Waals surface area contributed by atoms with Crippen LogP contribution in [-0.2, 0) is 28.9 Å². The molecule has 4 aromatic rings. The van der Waals surface area contributed by atoms with E-state index >= 15 is 0 Å². The molecule has 0 bridgehead atoms. The molecule has 2 atom stereocenters. The molecule has 8 nitrogen and oxygen atoms in total. The van der Waals surface area contributed by atoms with E-state index in [0.717, 1.165) is 16.7 Å². The minimum Gasteiger partial charge on any atom is -0.482 e. The predicted molar refractivity (Wildman–Crippen MR) is 193 cm³/mol. The molecule has 4 aromatic carbocycles. The first-order valence-corrected chi connectivity index (χ1v) is 17.3. The number of hydrogen-bond acceptors (Lipinski definition) is 6.